The van der Waals surface area contributed by atoms with Crippen LogP contribution in [0.3, 0.4) is 0 Å². The van der Waals surface area contributed by atoms with E-state index in [0.717, 1.165) is 12.8 Å². The summed E-state index contributed by atoms with van der Waals surface area (Å²) in [5.74, 6) is -5.88. The molecule has 35 heavy (non-hydrogen) atoms. The van der Waals surface area contributed by atoms with Gasteiger partial charge in [-0.15, -0.1) is 12.8 Å². The molecule has 2 heterocycles. The van der Waals surface area contributed by atoms with E-state index in [-0.39, 0.29) is 18.3 Å². The Morgan fingerprint density at radius 3 is 2.20 bits per heavy atom. The van der Waals surface area contributed by atoms with E-state index >= 15 is 0 Å². The van der Waals surface area contributed by atoms with Gasteiger partial charge in [0, 0.05) is 63.3 Å². The maximum atomic E-state index is 13.7. The Hall–Kier alpha value is -3.78. The van der Waals surface area contributed by atoms with Crippen LogP contribution in [0, 0.1) is 30.3 Å². The number of pyridine rings is 1. The number of nitrogens with zero attached hydrogens (tertiary/aromatic N) is 2. The molecule has 8 nitrogen and oxygen atoms in total. The normalized spacial score (nSPS) is 12.2. The summed E-state index contributed by atoms with van der Waals surface area (Å²) in [7, 11) is 1.68. The van der Waals surface area contributed by atoms with Gasteiger partial charge in [0.15, 0.2) is 11.4 Å². The first-order valence-electron chi connectivity index (χ1n) is 10.5. The smallest absolute Gasteiger partial charge is 0.274 e. The number of rotatable bonds is 5. The first-order valence-corrected chi connectivity index (χ1v) is 10.5. The Kier molecular flexibility index (Phi) is 11.0. The lowest BCUT2D eigenvalue weighted by atomic mass is 10.1. The van der Waals surface area contributed by atoms with E-state index in [0.29, 0.717) is 18.7 Å². The van der Waals surface area contributed by atoms with Crippen molar-refractivity contribution in [3.8, 4) is 18.6 Å². The molecule has 0 saturated heterocycles. The van der Waals surface area contributed by atoms with E-state index in [4.69, 9.17) is 0 Å². The molecule has 190 valence electrons. The molecule has 1 aliphatic rings. The number of amides is 2. The van der Waals surface area contributed by atoms with Crippen LogP contribution in [0.2, 0.25) is 0 Å². The fourth-order valence-corrected chi connectivity index (χ4v) is 3.16. The number of ether oxygens (including phenoxy) is 1. The molecule has 1 aromatic carbocycles. The summed E-state index contributed by atoms with van der Waals surface area (Å²) < 4.78 is 46.2. The number of fused-ring (bicyclic) bond motifs is 1. The molecule has 0 saturated carbocycles. The third-order valence-corrected chi connectivity index (χ3v) is 4.99. The average molecular weight is 495 g/mol. The lowest BCUT2D eigenvalue weighted by Gasteiger charge is -2.33. The molecule has 2 aromatic rings. The minimum absolute atomic E-state index is 0.144. The molecule has 1 aromatic heterocycles. The van der Waals surface area contributed by atoms with E-state index in [1.807, 2.05) is 6.92 Å². The Labute approximate surface area is 201 Å². The van der Waals surface area contributed by atoms with Gasteiger partial charge in [-0.25, -0.2) is 13.2 Å². The second-order valence-electron chi connectivity index (χ2n) is 7.46. The van der Waals surface area contributed by atoms with E-state index in [1.54, 1.807) is 21.0 Å². The standard InChI is InChI=1S/C19H18F3N3O4.C3H8O.C2H2/c1-9(2)25-4-3-24-8-12(16(26)17(27)15(24)19(25)29)18(28)23-7-11-13(21)5-10(20)6-14(11)22;1-3-4-2;1-2/h5-6,8-9,27H,3-4,7H2,1-2H3,(H,23,28);3H2,1-2H3;1-2H. The van der Waals surface area contributed by atoms with Crippen LogP contribution in [0.1, 0.15) is 47.2 Å². The van der Waals surface area contributed by atoms with Crippen LogP contribution in [0.4, 0.5) is 13.2 Å². The summed E-state index contributed by atoms with van der Waals surface area (Å²) in [6.07, 6.45) is 9.12. The zero-order chi connectivity index (χ0) is 26.9. The Bertz CT molecular complexity index is 1120. The van der Waals surface area contributed by atoms with Crippen LogP contribution < -0.4 is 10.7 Å². The van der Waals surface area contributed by atoms with Crippen LogP contribution in [0.25, 0.3) is 0 Å². The highest BCUT2D eigenvalue weighted by molar-refractivity contribution is 5.99. The van der Waals surface area contributed by atoms with Crippen LogP contribution in [-0.4, -0.2) is 52.7 Å². The molecule has 3 rings (SSSR count). The summed E-state index contributed by atoms with van der Waals surface area (Å²) >= 11 is 0. The molecule has 0 unspecified atom stereocenters. The number of benzene rings is 1. The fourth-order valence-electron chi connectivity index (χ4n) is 3.16. The fraction of sp³-hybridized carbons (Fsp3) is 0.375. The van der Waals surface area contributed by atoms with Crippen molar-refractivity contribution in [3.05, 3.63) is 62.8 Å². The molecule has 0 aliphatic carbocycles. The van der Waals surface area contributed by atoms with Gasteiger partial charge in [-0.2, -0.15) is 0 Å². The number of aromatic nitrogens is 1. The molecular weight excluding hydrogens is 467 g/mol. The van der Waals surface area contributed by atoms with Crippen molar-refractivity contribution in [3.63, 3.8) is 0 Å². The van der Waals surface area contributed by atoms with Crippen molar-refractivity contribution in [1.29, 1.82) is 0 Å². The molecule has 2 amide bonds. The second kappa shape index (κ2) is 13.2. The van der Waals surface area contributed by atoms with Gasteiger partial charge >= 0.3 is 0 Å². The van der Waals surface area contributed by atoms with Crippen LogP contribution >= 0.6 is 0 Å². The average Bonchev–Trinajstić information content (AvgIpc) is 2.81. The van der Waals surface area contributed by atoms with Crippen LogP contribution in [0.5, 0.6) is 5.75 Å². The Balaban J connectivity index is 0.000000926. The largest absolute Gasteiger partial charge is 0.503 e. The zero-order valence-corrected chi connectivity index (χ0v) is 19.9. The molecule has 0 bridgehead atoms. The first-order chi connectivity index (χ1) is 16.5. The number of carbonyl (C=O) groups is 2. The second-order valence-corrected chi connectivity index (χ2v) is 7.46. The van der Waals surface area contributed by atoms with Crippen molar-refractivity contribution >= 4 is 11.8 Å². The predicted molar refractivity (Wildman–Crippen MR) is 123 cm³/mol. The van der Waals surface area contributed by atoms with Crippen molar-refractivity contribution in [1.82, 2.24) is 14.8 Å². The zero-order valence-electron chi connectivity index (χ0n) is 19.9. The maximum Gasteiger partial charge on any atom is 0.274 e. The van der Waals surface area contributed by atoms with Gasteiger partial charge in [0.1, 0.15) is 23.0 Å². The number of hydrogen-bond acceptors (Lipinski definition) is 5. The van der Waals surface area contributed by atoms with Gasteiger partial charge in [0.25, 0.3) is 11.8 Å². The summed E-state index contributed by atoms with van der Waals surface area (Å²) in [5, 5.41) is 12.4. The van der Waals surface area contributed by atoms with Crippen molar-refractivity contribution < 1.29 is 32.6 Å². The van der Waals surface area contributed by atoms with Crippen LogP contribution in [0.15, 0.2) is 23.1 Å². The number of nitrogens with one attached hydrogen (secondary N) is 1. The van der Waals surface area contributed by atoms with Gasteiger partial charge in [-0.3, -0.25) is 14.4 Å². The molecule has 1 aliphatic heterocycles. The Morgan fingerprint density at radius 1 is 1.17 bits per heavy atom. The molecule has 0 spiro atoms. The minimum Gasteiger partial charge on any atom is -0.503 e. The lowest BCUT2D eigenvalue weighted by molar-refractivity contribution is 0.0640. The summed E-state index contributed by atoms with van der Waals surface area (Å²) in [6.45, 7) is 6.28. The molecule has 11 heteroatoms. The Morgan fingerprint density at radius 2 is 1.71 bits per heavy atom. The molecule has 0 atom stereocenters. The van der Waals surface area contributed by atoms with Gasteiger partial charge < -0.3 is 24.6 Å². The van der Waals surface area contributed by atoms with Gasteiger partial charge in [-0.1, -0.05) is 0 Å². The molecule has 0 radical (unpaired) electrons. The van der Waals surface area contributed by atoms with E-state index in [2.05, 4.69) is 22.9 Å². The number of carbonyl (C=O) groups excluding carboxylic acids is 2. The van der Waals surface area contributed by atoms with E-state index in [9.17, 15) is 32.7 Å². The number of hydrogen-bond donors (Lipinski definition) is 2. The van der Waals surface area contributed by atoms with Crippen LogP contribution in [-0.2, 0) is 17.8 Å². The quantitative estimate of drug-likeness (QED) is 0.622. The van der Waals surface area contributed by atoms with Gasteiger partial charge in [0.05, 0.1) is 0 Å². The predicted octanol–water partition coefficient (Wildman–Crippen LogP) is 2.67. The van der Waals surface area contributed by atoms with Crippen molar-refractivity contribution in [2.75, 3.05) is 20.3 Å². The summed E-state index contributed by atoms with van der Waals surface area (Å²) in [4.78, 5) is 38.8. The SMILES string of the molecule is C#C.CC(C)N1CCn2cc(C(=O)NCc3c(F)cc(F)cc3F)c(=O)c(O)c2C1=O.CCOC. The topological polar surface area (TPSA) is 101 Å². The number of methoxy groups -OCH3 is 1. The van der Waals surface area contributed by atoms with Crippen molar-refractivity contribution in [2.45, 2.75) is 39.9 Å². The molecule has 0 fully saturated rings. The third-order valence-electron chi connectivity index (χ3n) is 4.99. The number of halogens is 3. The highest BCUT2D eigenvalue weighted by Gasteiger charge is 2.31. The highest BCUT2D eigenvalue weighted by Crippen LogP contribution is 2.22. The van der Waals surface area contributed by atoms with E-state index < -0.39 is 58.1 Å². The van der Waals surface area contributed by atoms with Gasteiger partial charge in [0.2, 0.25) is 5.43 Å². The van der Waals surface area contributed by atoms with Gasteiger partial charge in [-0.05, 0) is 20.8 Å². The highest BCUT2D eigenvalue weighted by atomic mass is 19.1. The minimum atomic E-state index is -1.19. The monoisotopic (exact) mass is 495 g/mol. The number of terminal acetylenes is 1. The summed E-state index contributed by atoms with van der Waals surface area (Å²) in [6, 6.07) is 0.793. The number of aromatic hydroxyl groups is 1. The third kappa shape index (κ3) is 6.86. The maximum absolute atomic E-state index is 13.7. The van der Waals surface area contributed by atoms with Crippen molar-refractivity contribution in [2.24, 2.45) is 0 Å². The molecular formula is C24H28F3N3O5. The summed E-state index contributed by atoms with van der Waals surface area (Å²) in [5.41, 5.74) is -2.36. The van der Waals surface area contributed by atoms with E-state index in [1.165, 1.54) is 9.47 Å². The first kappa shape index (κ1) is 29.3. The lowest BCUT2D eigenvalue weighted by Crippen LogP contribution is -2.45. The molecule has 2 N–H and O–H groups in total.